The molecule has 28 heavy (non-hydrogen) atoms. The van der Waals surface area contributed by atoms with E-state index < -0.39 is 28.6 Å². The molecule has 0 spiro atoms. The van der Waals surface area contributed by atoms with Gasteiger partial charge in [0.25, 0.3) is 5.91 Å². The van der Waals surface area contributed by atoms with Crippen LogP contribution in [0.1, 0.15) is 18.1 Å². The predicted octanol–water partition coefficient (Wildman–Crippen LogP) is 1.86. The lowest BCUT2D eigenvalue weighted by Crippen LogP contribution is -2.39. The van der Waals surface area contributed by atoms with Crippen LogP contribution < -0.4 is 4.72 Å². The smallest absolute Gasteiger partial charge is 0.321 e. The molecule has 0 aromatic heterocycles. The molecule has 1 atom stereocenters. The van der Waals surface area contributed by atoms with Crippen molar-refractivity contribution in [2.45, 2.75) is 31.4 Å². The lowest BCUT2D eigenvalue weighted by molar-refractivity contribution is -0.157. The Balaban J connectivity index is 1.86. The van der Waals surface area contributed by atoms with Gasteiger partial charge in [-0.1, -0.05) is 48.0 Å². The summed E-state index contributed by atoms with van der Waals surface area (Å²) in [6.07, 6.45) is -1.02. The van der Waals surface area contributed by atoms with Crippen molar-refractivity contribution in [2.24, 2.45) is 0 Å². The number of hydrogen-bond donors (Lipinski definition) is 1. The van der Waals surface area contributed by atoms with Crippen molar-refractivity contribution < 1.29 is 22.7 Å². The van der Waals surface area contributed by atoms with Crippen molar-refractivity contribution in [3.05, 3.63) is 65.7 Å². The first-order valence-electron chi connectivity index (χ1n) is 8.74. The normalized spacial score (nSPS) is 12.2. The predicted molar refractivity (Wildman–Crippen MR) is 105 cm³/mol. The molecule has 0 heterocycles. The number of benzene rings is 2. The summed E-state index contributed by atoms with van der Waals surface area (Å²) in [4.78, 5) is 25.8. The Bertz CT molecular complexity index is 911. The Morgan fingerprint density at radius 3 is 2.29 bits per heavy atom. The number of likely N-dealkylation sites (N-methyl/N-ethyl adjacent to an activating group) is 1. The molecule has 150 valence electrons. The summed E-state index contributed by atoms with van der Waals surface area (Å²) in [6.45, 7) is 3.11. The molecule has 0 radical (unpaired) electrons. The van der Waals surface area contributed by atoms with Crippen molar-refractivity contribution in [1.82, 2.24) is 9.62 Å². The van der Waals surface area contributed by atoms with Gasteiger partial charge >= 0.3 is 5.97 Å². The van der Waals surface area contributed by atoms with Crippen molar-refractivity contribution >= 4 is 21.9 Å². The maximum absolute atomic E-state index is 12.3. The van der Waals surface area contributed by atoms with Crippen LogP contribution in [0.5, 0.6) is 0 Å². The number of nitrogens with one attached hydrogen (secondary N) is 1. The summed E-state index contributed by atoms with van der Waals surface area (Å²) >= 11 is 0. The van der Waals surface area contributed by atoms with E-state index in [1.54, 1.807) is 19.2 Å². The summed E-state index contributed by atoms with van der Waals surface area (Å²) in [6, 6.07) is 15.6. The fourth-order valence-corrected chi connectivity index (χ4v) is 3.46. The highest BCUT2D eigenvalue weighted by Gasteiger charge is 2.23. The largest absolute Gasteiger partial charge is 0.452 e. The molecule has 8 heteroatoms. The molecule has 0 saturated carbocycles. The summed E-state index contributed by atoms with van der Waals surface area (Å²) in [5.74, 6) is -1.21. The minimum absolute atomic E-state index is 0.0534. The highest BCUT2D eigenvalue weighted by atomic mass is 32.2. The minimum Gasteiger partial charge on any atom is -0.452 e. The number of sulfonamides is 1. The molecule has 0 unspecified atom stereocenters. The molecule has 2 aromatic carbocycles. The standard InChI is InChI=1S/C20H24N2O5S/c1-15-9-11-18(12-10-15)28(25,26)21-13-19(23)27-16(2)20(24)22(3)14-17-7-5-4-6-8-17/h4-12,16,21H,13-14H2,1-3H3/t16-/m1/s1. The van der Waals surface area contributed by atoms with E-state index in [2.05, 4.69) is 4.72 Å². The molecule has 0 bridgehead atoms. The molecule has 0 aliphatic rings. The van der Waals surface area contributed by atoms with Crippen LogP contribution in [0.15, 0.2) is 59.5 Å². The van der Waals surface area contributed by atoms with Crippen LogP contribution in [0.2, 0.25) is 0 Å². The van der Waals surface area contributed by atoms with E-state index in [0.29, 0.717) is 6.54 Å². The van der Waals surface area contributed by atoms with Gasteiger partial charge in [0, 0.05) is 13.6 Å². The van der Waals surface area contributed by atoms with Gasteiger partial charge in [-0.3, -0.25) is 9.59 Å². The third kappa shape index (κ3) is 6.17. The van der Waals surface area contributed by atoms with E-state index in [-0.39, 0.29) is 10.8 Å². The Morgan fingerprint density at radius 1 is 1.07 bits per heavy atom. The third-order valence-electron chi connectivity index (χ3n) is 4.03. The van der Waals surface area contributed by atoms with Gasteiger partial charge in [0.1, 0.15) is 6.54 Å². The summed E-state index contributed by atoms with van der Waals surface area (Å²) in [5.41, 5.74) is 1.87. The van der Waals surface area contributed by atoms with E-state index in [4.69, 9.17) is 4.74 Å². The van der Waals surface area contributed by atoms with Gasteiger partial charge in [-0.05, 0) is 31.5 Å². The van der Waals surface area contributed by atoms with Crippen LogP contribution in [0, 0.1) is 6.92 Å². The number of hydrogen-bond acceptors (Lipinski definition) is 5. The third-order valence-corrected chi connectivity index (χ3v) is 5.45. The molecular formula is C20H24N2O5S. The highest BCUT2D eigenvalue weighted by Crippen LogP contribution is 2.10. The zero-order chi connectivity index (χ0) is 20.7. The van der Waals surface area contributed by atoms with Gasteiger partial charge in [0.15, 0.2) is 6.10 Å². The van der Waals surface area contributed by atoms with Gasteiger partial charge in [-0.15, -0.1) is 0 Å². The fraction of sp³-hybridized carbons (Fsp3) is 0.300. The van der Waals surface area contributed by atoms with Gasteiger partial charge in [-0.25, -0.2) is 8.42 Å². The number of amides is 1. The molecule has 1 N–H and O–H groups in total. The van der Waals surface area contributed by atoms with Crippen LogP contribution in [0.25, 0.3) is 0 Å². The van der Waals surface area contributed by atoms with Gasteiger partial charge in [0.2, 0.25) is 10.0 Å². The van der Waals surface area contributed by atoms with Crippen LogP contribution in [0.4, 0.5) is 0 Å². The summed E-state index contributed by atoms with van der Waals surface area (Å²) in [7, 11) is -2.22. The molecule has 0 aliphatic carbocycles. The number of carbonyl (C=O) groups is 2. The van der Waals surface area contributed by atoms with Crippen LogP contribution in [-0.4, -0.2) is 44.9 Å². The van der Waals surface area contributed by atoms with E-state index >= 15 is 0 Å². The number of ether oxygens (including phenoxy) is 1. The summed E-state index contributed by atoms with van der Waals surface area (Å²) < 4.78 is 31.6. The van der Waals surface area contributed by atoms with Gasteiger partial charge in [0.05, 0.1) is 4.90 Å². The molecule has 1 amide bonds. The number of esters is 1. The first-order valence-corrected chi connectivity index (χ1v) is 10.2. The van der Waals surface area contributed by atoms with Gasteiger partial charge < -0.3 is 9.64 Å². The molecule has 0 aliphatic heterocycles. The zero-order valence-corrected chi connectivity index (χ0v) is 16.9. The molecule has 2 rings (SSSR count). The maximum atomic E-state index is 12.3. The molecule has 2 aromatic rings. The average molecular weight is 404 g/mol. The number of rotatable bonds is 8. The zero-order valence-electron chi connectivity index (χ0n) is 16.1. The topological polar surface area (TPSA) is 92.8 Å². The number of carbonyl (C=O) groups excluding carboxylic acids is 2. The lowest BCUT2D eigenvalue weighted by atomic mass is 10.2. The SMILES string of the molecule is Cc1ccc(S(=O)(=O)NCC(=O)O[C@H](C)C(=O)N(C)Cc2ccccc2)cc1. The van der Waals surface area contributed by atoms with Crippen molar-refractivity contribution in [2.75, 3.05) is 13.6 Å². The Kier molecular flexibility index (Phi) is 7.31. The van der Waals surface area contributed by atoms with Crippen LogP contribution in [0.3, 0.4) is 0 Å². The number of nitrogens with zero attached hydrogens (tertiary/aromatic N) is 1. The van der Waals surface area contributed by atoms with E-state index in [1.165, 1.54) is 24.0 Å². The van der Waals surface area contributed by atoms with Crippen LogP contribution >= 0.6 is 0 Å². The Labute approximate surface area is 165 Å². The quantitative estimate of drug-likeness (QED) is 0.678. The van der Waals surface area contributed by atoms with E-state index in [9.17, 15) is 18.0 Å². The fourth-order valence-electron chi connectivity index (χ4n) is 2.49. The van der Waals surface area contributed by atoms with Crippen LogP contribution in [-0.2, 0) is 30.9 Å². The summed E-state index contributed by atoms with van der Waals surface area (Å²) in [5, 5.41) is 0. The minimum atomic E-state index is -3.83. The second kappa shape index (κ2) is 9.48. The Morgan fingerprint density at radius 2 is 1.68 bits per heavy atom. The van der Waals surface area contributed by atoms with Gasteiger partial charge in [-0.2, -0.15) is 4.72 Å². The van der Waals surface area contributed by atoms with E-state index in [0.717, 1.165) is 11.1 Å². The maximum Gasteiger partial charge on any atom is 0.321 e. The average Bonchev–Trinajstić information content (AvgIpc) is 2.67. The first-order chi connectivity index (χ1) is 13.2. The first kappa shape index (κ1) is 21.6. The van der Waals surface area contributed by atoms with Crippen molar-refractivity contribution in [1.29, 1.82) is 0 Å². The van der Waals surface area contributed by atoms with Crippen molar-refractivity contribution in [3.8, 4) is 0 Å². The molecule has 7 nitrogen and oxygen atoms in total. The second-order valence-electron chi connectivity index (χ2n) is 6.45. The monoisotopic (exact) mass is 404 g/mol. The molecular weight excluding hydrogens is 380 g/mol. The Hall–Kier alpha value is -2.71. The lowest BCUT2D eigenvalue weighted by Gasteiger charge is -2.21. The molecule has 0 fully saturated rings. The second-order valence-corrected chi connectivity index (χ2v) is 8.22. The highest BCUT2D eigenvalue weighted by molar-refractivity contribution is 7.89. The van der Waals surface area contributed by atoms with Crippen molar-refractivity contribution in [3.63, 3.8) is 0 Å². The number of aryl methyl sites for hydroxylation is 1. The molecule has 0 saturated heterocycles. The van der Waals surface area contributed by atoms with E-state index in [1.807, 2.05) is 37.3 Å².